The van der Waals surface area contributed by atoms with E-state index in [2.05, 4.69) is 4.98 Å². The number of carboxylic acid groups (broad SMARTS) is 1. The van der Waals surface area contributed by atoms with Crippen LogP contribution < -0.4 is 11.5 Å². The van der Waals surface area contributed by atoms with Gasteiger partial charge in [0.15, 0.2) is 0 Å². The SMILES string of the molecule is Cc1c(-c2ccccn2)cc(C(=O)O)c(N)c1N. The maximum absolute atomic E-state index is 11.1. The number of nitrogens with zero attached hydrogens (tertiary/aromatic N) is 1. The zero-order valence-electron chi connectivity index (χ0n) is 9.84. The maximum atomic E-state index is 11.1. The molecule has 18 heavy (non-hydrogen) atoms. The van der Waals surface area contributed by atoms with Gasteiger partial charge in [0.2, 0.25) is 0 Å². The van der Waals surface area contributed by atoms with Crippen molar-refractivity contribution >= 4 is 17.3 Å². The second-order valence-electron chi connectivity index (χ2n) is 3.94. The number of nitrogen functional groups attached to an aromatic ring is 2. The average Bonchev–Trinajstić information content (AvgIpc) is 2.37. The van der Waals surface area contributed by atoms with E-state index in [1.54, 1.807) is 25.3 Å². The van der Waals surface area contributed by atoms with Crippen LogP contribution in [0.25, 0.3) is 11.3 Å². The normalized spacial score (nSPS) is 10.3. The number of rotatable bonds is 2. The molecule has 0 aliphatic heterocycles. The summed E-state index contributed by atoms with van der Waals surface area (Å²) < 4.78 is 0. The third-order valence-electron chi connectivity index (χ3n) is 2.85. The predicted octanol–water partition coefficient (Wildman–Crippen LogP) is 1.92. The van der Waals surface area contributed by atoms with Gasteiger partial charge in [0, 0.05) is 11.8 Å². The monoisotopic (exact) mass is 243 g/mol. The van der Waals surface area contributed by atoms with Gasteiger partial charge in [-0.25, -0.2) is 4.79 Å². The van der Waals surface area contributed by atoms with E-state index in [0.717, 1.165) is 5.56 Å². The third-order valence-corrected chi connectivity index (χ3v) is 2.85. The fraction of sp³-hybridized carbons (Fsp3) is 0.0769. The van der Waals surface area contributed by atoms with Crippen LogP contribution in [0.15, 0.2) is 30.5 Å². The van der Waals surface area contributed by atoms with Crippen molar-refractivity contribution in [3.8, 4) is 11.3 Å². The van der Waals surface area contributed by atoms with E-state index in [0.29, 0.717) is 11.3 Å². The minimum absolute atomic E-state index is 0.00115. The van der Waals surface area contributed by atoms with Crippen LogP contribution in [0.5, 0.6) is 0 Å². The second-order valence-corrected chi connectivity index (χ2v) is 3.94. The first-order chi connectivity index (χ1) is 8.52. The van der Waals surface area contributed by atoms with Crippen LogP contribution in [0.4, 0.5) is 11.4 Å². The van der Waals surface area contributed by atoms with Gasteiger partial charge in [0.05, 0.1) is 22.6 Å². The Balaban J connectivity index is 2.73. The van der Waals surface area contributed by atoms with Crippen LogP contribution in [-0.2, 0) is 0 Å². The van der Waals surface area contributed by atoms with Crippen molar-refractivity contribution in [2.75, 3.05) is 11.5 Å². The Morgan fingerprint density at radius 2 is 2.00 bits per heavy atom. The Labute approximate surface area is 104 Å². The summed E-state index contributed by atoms with van der Waals surface area (Å²) in [5, 5.41) is 9.10. The van der Waals surface area contributed by atoms with Crippen LogP contribution in [0.3, 0.4) is 0 Å². The molecular weight excluding hydrogens is 230 g/mol. The summed E-state index contributed by atoms with van der Waals surface area (Å²) in [5.41, 5.74) is 14.0. The first-order valence-electron chi connectivity index (χ1n) is 5.35. The van der Waals surface area contributed by atoms with Crippen LogP contribution in [0.1, 0.15) is 15.9 Å². The molecule has 0 aliphatic carbocycles. The van der Waals surface area contributed by atoms with Crippen molar-refractivity contribution in [2.45, 2.75) is 6.92 Å². The molecule has 5 N–H and O–H groups in total. The number of hydrogen-bond acceptors (Lipinski definition) is 4. The van der Waals surface area contributed by atoms with Crippen molar-refractivity contribution in [1.29, 1.82) is 0 Å². The summed E-state index contributed by atoms with van der Waals surface area (Å²) in [6.45, 7) is 1.79. The molecule has 2 aromatic rings. The van der Waals surface area contributed by atoms with Gasteiger partial charge in [-0.05, 0) is 30.7 Å². The maximum Gasteiger partial charge on any atom is 0.337 e. The highest BCUT2D eigenvalue weighted by molar-refractivity contribution is 6.00. The number of aromatic nitrogens is 1. The summed E-state index contributed by atoms with van der Waals surface area (Å²) in [6, 6.07) is 6.92. The van der Waals surface area contributed by atoms with E-state index in [1.807, 2.05) is 6.07 Å². The Bertz CT molecular complexity index is 609. The van der Waals surface area contributed by atoms with Crippen molar-refractivity contribution in [2.24, 2.45) is 0 Å². The van der Waals surface area contributed by atoms with E-state index < -0.39 is 5.97 Å². The molecule has 0 saturated carbocycles. The van der Waals surface area contributed by atoms with Gasteiger partial charge in [-0.2, -0.15) is 0 Å². The molecule has 0 amide bonds. The molecule has 92 valence electrons. The molecule has 5 nitrogen and oxygen atoms in total. The summed E-state index contributed by atoms with van der Waals surface area (Å²) >= 11 is 0. The van der Waals surface area contributed by atoms with Crippen molar-refractivity contribution in [3.05, 3.63) is 41.6 Å². The number of anilines is 2. The van der Waals surface area contributed by atoms with Crippen molar-refractivity contribution in [1.82, 2.24) is 4.98 Å². The third kappa shape index (κ3) is 1.86. The van der Waals surface area contributed by atoms with E-state index in [1.165, 1.54) is 6.07 Å². The Hall–Kier alpha value is -2.56. The summed E-state index contributed by atoms with van der Waals surface area (Å²) in [7, 11) is 0. The van der Waals surface area contributed by atoms with E-state index >= 15 is 0 Å². The second kappa shape index (κ2) is 4.37. The number of pyridine rings is 1. The van der Waals surface area contributed by atoms with E-state index in [-0.39, 0.29) is 16.9 Å². The number of benzene rings is 1. The van der Waals surface area contributed by atoms with Gasteiger partial charge in [-0.15, -0.1) is 0 Å². The molecule has 0 radical (unpaired) electrons. The molecule has 0 fully saturated rings. The molecule has 0 spiro atoms. The van der Waals surface area contributed by atoms with Gasteiger partial charge in [0.25, 0.3) is 0 Å². The molecule has 1 aromatic carbocycles. The topological polar surface area (TPSA) is 102 Å². The molecule has 1 heterocycles. The number of aromatic carboxylic acids is 1. The van der Waals surface area contributed by atoms with E-state index in [9.17, 15) is 4.79 Å². The molecule has 2 rings (SSSR count). The minimum atomic E-state index is -1.10. The number of hydrogen-bond donors (Lipinski definition) is 3. The zero-order chi connectivity index (χ0) is 13.3. The number of carbonyl (C=O) groups is 1. The minimum Gasteiger partial charge on any atom is -0.478 e. The molecule has 0 aliphatic rings. The Kier molecular flexibility index (Phi) is 2.89. The largest absolute Gasteiger partial charge is 0.478 e. The number of carboxylic acids is 1. The lowest BCUT2D eigenvalue weighted by Crippen LogP contribution is -2.08. The molecule has 1 aromatic heterocycles. The molecule has 0 unspecified atom stereocenters. The van der Waals surface area contributed by atoms with Gasteiger partial charge in [-0.3, -0.25) is 4.98 Å². The van der Waals surface area contributed by atoms with Crippen molar-refractivity contribution < 1.29 is 9.90 Å². The lowest BCUT2D eigenvalue weighted by Gasteiger charge is -2.13. The van der Waals surface area contributed by atoms with Crippen molar-refractivity contribution in [3.63, 3.8) is 0 Å². The molecule has 5 heteroatoms. The Morgan fingerprint density at radius 3 is 2.56 bits per heavy atom. The first kappa shape index (κ1) is 11.9. The highest BCUT2D eigenvalue weighted by Gasteiger charge is 2.17. The highest BCUT2D eigenvalue weighted by Crippen LogP contribution is 2.32. The summed E-state index contributed by atoms with van der Waals surface area (Å²) in [4.78, 5) is 15.3. The lowest BCUT2D eigenvalue weighted by molar-refractivity contribution is 0.0698. The zero-order valence-corrected chi connectivity index (χ0v) is 9.84. The molecule has 0 atom stereocenters. The van der Waals surface area contributed by atoms with E-state index in [4.69, 9.17) is 16.6 Å². The first-order valence-corrected chi connectivity index (χ1v) is 5.35. The molecule has 0 saturated heterocycles. The van der Waals surface area contributed by atoms with Crippen LogP contribution in [0, 0.1) is 6.92 Å². The van der Waals surface area contributed by atoms with Crippen LogP contribution in [-0.4, -0.2) is 16.1 Å². The fourth-order valence-corrected chi connectivity index (χ4v) is 1.79. The summed E-state index contributed by atoms with van der Waals surface area (Å²) in [5.74, 6) is -1.10. The van der Waals surface area contributed by atoms with Gasteiger partial charge < -0.3 is 16.6 Å². The van der Waals surface area contributed by atoms with Gasteiger partial charge in [0.1, 0.15) is 0 Å². The quantitative estimate of drug-likeness (QED) is 0.699. The predicted molar refractivity (Wildman–Crippen MR) is 70.2 cm³/mol. The fourth-order valence-electron chi connectivity index (χ4n) is 1.79. The van der Waals surface area contributed by atoms with Crippen LogP contribution in [0.2, 0.25) is 0 Å². The Morgan fingerprint density at radius 1 is 1.28 bits per heavy atom. The standard InChI is InChI=1S/C13H13N3O2/c1-7-8(10-4-2-3-5-16-10)6-9(13(17)18)12(15)11(7)14/h2-6H,14-15H2,1H3,(H,17,18). The smallest absolute Gasteiger partial charge is 0.337 e. The lowest BCUT2D eigenvalue weighted by atomic mass is 9.98. The highest BCUT2D eigenvalue weighted by atomic mass is 16.4. The number of nitrogens with two attached hydrogens (primary N) is 2. The van der Waals surface area contributed by atoms with Crippen LogP contribution >= 0.6 is 0 Å². The molecule has 0 bridgehead atoms. The average molecular weight is 243 g/mol. The van der Waals surface area contributed by atoms with Gasteiger partial charge >= 0.3 is 5.97 Å². The van der Waals surface area contributed by atoms with Gasteiger partial charge in [-0.1, -0.05) is 6.07 Å². The summed E-state index contributed by atoms with van der Waals surface area (Å²) in [6.07, 6.45) is 1.64. The molecular formula is C13H13N3O2.